The number of carbonyl (C=O) groups is 2. The van der Waals surface area contributed by atoms with Gasteiger partial charge in [-0.1, -0.05) is 12.1 Å². The number of amides is 1. The predicted octanol–water partition coefficient (Wildman–Crippen LogP) is 1.49. The van der Waals surface area contributed by atoms with Gasteiger partial charge in [0, 0.05) is 0 Å². The summed E-state index contributed by atoms with van der Waals surface area (Å²) in [7, 11) is 0. The van der Waals surface area contributed by atoms with Crippen LogP contribution in [0, 0.1) is 5.41 Å². The van der Waals surface area contributed by atoms with Gasteiger partial charge < -0.3 is 5.32 Å². The molecule has 0 atom stereocenters. The molecule has 0 aliphatic carbocycles. The highest BCUT2D eigenvalue weighted by molar-refractivity contribution is 7.78. The highest BCUT2D eigenvalue weighted by atomic mass is 32.1. The van der Waals surface area contributed by atoms with E-state index in [0.717, 1.165) is 0 Å². The van der Waals surface area contributed by atoms with Crippen molar-refractivity contribution >= 4 is 34.8 Å². The van der Waals surface area contributed by atoms with Crippen LogP contribution in [0.1, 0.15) is 10.4 Å². The minimum absolute atomic E-state index is 0.444. The van der Waals surface area contributed by atoms with Crippen molar-refractivity contribution in [3.8, 4) is 0 Å². The van der Waals surface area contributed by atoms with Gasteiger partial charge >= 0.3 is 0 Å². The van der Waals surface area contributed by atoms with Crippen LogP contribution < -0.4 is 5.32 Å². The molecule has 1 aliphatic heterocycles. The molecule has 1 amide bonds. The molecule has 0 aromatic heterocycles. The van der Waals surface area contributed by atoms with Gasteiger partial charge in [0.15, 0.2) is 0 Å². The Hall–Kier alpha value is -1.84. The van der Waals surface area contributed by atoms with Crippen LogP contribution in [0.15, 0.2) is 24.3 Å². The van der Waals surface area contributed by atoms with Crippen LogP contribution in [0.3, 0.4) is 0 Å². The number of rotatable bonds is 0. The van der Waals surface area contributed by atoms with Gasteiger partial charge in [-0.05, 0) is 24.4 Å². The molecule has 0 fully saturated rings. The summed E-state index contributed by atoms with van der Waals surface area (Å²) in [6.45, 7) is 0. The number of hydrogen-bond donors (Lipinski definition) is 2. The molecule has 5 heteroatoms. The van der Waals surface area contributed by atoms with E-state index in [9.17, 15) is 9.59 Å². The number of hydrogen-bond acceptors (Lipinski definition) is 4. The third-order valence-corrected chi connectivity index (χ3v) is 1.63. The van der Waals surface area contributed by atoms with Gasteiger partial charge in [-0.2, -0.15) is 0 Å². The van der Waals surface area contributed by atoms with Gasteiger partial charge in [0.2, 0.25) is 0 Å². The predicted molar refractivity (Wildman–Crippen MR) is 54.7 cm³/mol. The lowest BCUT2D eigenvalue weighted by atomic mass is 10.1. The zero-order valence-corrected chi connectivity index (χ0v) is 7.85. The van der Waals surface area contributed by atoms with Gasteiger partial charge in [0.1, 0.15) is 0 Å². The smallest absolute Gasteiger partial charge is 0.296 e. The number of isothiocyanates is 1. The fourth-order valence-electron chi connectivity index (χ4n) is 1.09. The summed E-state index contributed by atoms with van der Waals surface area (Å²) in [4.78, 5) is 21.8. The van der Waals surface area contributed by atoms with E-state index in [0.29, 0.717) is 11.3 Å². The van der Waals surface area contributed by atoms with Gasteiger partial charge in [-0.3, -0.25) is 9.59 Å². The quantitative estimate of drug-likeness (QED) is 0.384. The van der Waals surface area contributed by atoms with E-state index in [1.54, 1.807) is 29.4 Å². The molecule has 0 radical (unpaired) electrons. The Morgan fingerprint density at radius 3 is 2.43 bits per heavy atom. The van der Waals surface area contributed by atoms with Crippen LogP contribution in [0.2, 0.25) is 0 Å². The molecule has 14 heavy (non-hydrogen) atoms. The Kier molecular flexibility index (Phi) is 3.23. The first-order valence-corrected chi connectivity index (χ1v) is 4.10. The van der Waals surface area contributed by atoms with E-state index >= 15 is 0 Å². The Labute approximate surface area is 85.4 Å². The van der Waals surface area contributed by atoms with Crippen molar-refractivity contribution in [3.05, 3.63) is 29.8 Å². The summed E-state index contributed by atoms with van der Waals surface area (Å²) < 4.78 is 0. The van der Waals surface area contributed by atoms with Crippen molar-refractivity contribution in [2.24, 2.45) is 0 Å². The van der Waals surface area contributed by atoms with Crippen molar-refractivity contribution < 1.29 is 9.59 Å². The molecule has 0 bridgehead atoms. The fourth-order valence-corrected chi connectivity index (χ4v) is 1.09. The highest BCUT2D eigenvalue weighted by Gasteiger charge is 2.26. The molecule has 0 saturated heterocycles. The number of benzene rings is 1. The van der Waals surface area contributed by atoms with Crippen LogP contribution in [0.5, 0.6) is 0 Å². The summed E-state index contributed by atoms with van der Waals surface area (Å²) in [6.07, 6.45) is 0. The standard InChI is InChI=1S/C8H5NO2.CHNS/c10-7-5-3-1-2-4-6(5)9-8(7)11;2-1-3/h1-4H,(H,9,10,11);2H. The Morgan fingerprint density at radius 2 is 1.86 bits per heavy atom. The third-order valence-electron chi connectivity index (χ3n) is 1.63. The molecule has 1 aromatic rings. The van der Waals surface area contributed by atoms with Crippen molar-refractivity contribution in [1.29, 1.82) is 5.41 Å². The number of fused-ring (bicyclic) bond motifs is 1. The average molecular weight is 206 g/mol. The minimum Gasteiger partial charge on any atom is -0.318 e. The highest BCUT2D eigenvalue weighted by Crippen LogP contribution is 2.21. The van der Waals surface area contributed by atoms with Crippen LogP contribution in [-0.4, -0.2) is 16.9 Å². The lowest BCUT2D eigenvalue weighted by molar-refractivity contribution is -0.112. The van der Waals surface area contributed by atoms with Gasteiger partial charge in [0.05, 0.1) is 16.4 Å². The van der Waals surface area contributed by atoms with E-state index in [1.165, 1.54) is 0 Å². The van der Waals surface area contributed by atoms with Crippen LogP contribution >= 0.6 is 12.2 Å². The summed E-state index contributed by atoms with van der Waals surface area (Å²) in [5.41, 5.74) is 1.08. The van der Waals surface area contributed by atoms with E-state index in [2.05, 4.69) is 17.5 Å². The average Bonchev–Trinajstić information content (AvgIpc) is 2.45. The van der Waals surface area contributed by atoms with Crippen LogP contribution in [0.4, 0.5) is 5.69 Å². The van der Waals surface area contributed by atoms with Gasteiger partial charge in [0.25, 0.3) is 11.7 Å². The lowest BCUT2D eigenvalue weighted by Gasteiger charge is -1.91. The second-order valence-corrected chi connectivity index (χ2v) is 2.64. The number of anilines is 1. The molecule has 0 spiro atoms. The third kappa shape index (κ3) is 1.90. The Bertz CT molecular complexity index is 423. The number of ketones is 1. The molecule has 70 valence electrons. The molecular weight excluding hydrogens is 200 g/mol. The molecule has 1 aliphatic rings. The first-order chi connectivity index (χ1) is 6.70. The van der Waals surface area contributed by atoms with E-state index in [-0.39, 0.29) is 0 Å². The SMILES string of the molecule is N=C=S.O=C1Nc2ccccc2C1=O. The Morgan fingerprint density at radius 1 is 1.29 bits per heavy atom. The van der Waals surface area contributed by atoms with Crippen molar-refractivity contribution in [3.63, 3.8) is 0 Å². The first kappa shape index (κ1) is 10.2. The topological polar surface area (TPSA) is 70.0 Å². The van der Waals surface area contributed by atoms with E-state index in [1.807, 2.05) is 0 Å². The van der Waals surface area contributed by atoms with Crippen molar-refractivity contribution in [1.82, 2.24) is 0 Å². The zero-order valence-electron chi connectivity index (χ0n) is 7.03. The molecule has 0 saturated carbocycles. The lowest BCUT2D eigenvalue weighted by Crippen LogP contribution is -2.12. The number of para-hydroxylation sites is 1. The molecule has 2 N–H and O–H groups in total. The summed E-state index contributed by atoms with van der Waals surface area (Å²) in [6, 6.07) is 6.85. The van der Waals surface area contributed by atoms with E-state index < -0.39 is 11.7 Å². The molecular formula is C9H6N2O2S. The number of Topliss-reactive ketones (excluding diaryl/α,β-unsaturated/α-hetero) is 1. The zero-order chi connectivity index (χ0) is 10.6. The van der Waals surface area contributed by atoms with Crippen LogP contribution in [-0.2, 0) is 4.79 Å². The number of nitrogens with one attached hydrogen (secondary N) is 2. The maximum absolute atomic E-state index is 11.0. The monoisotopic (exact) mass is 206 g/mol. The second-order valence-electron chi connectivity index (χ2n) is 2.43. The summed E-state index contributed by atoms with van der Waals surface area (Å²) in [5, 5.41) is 9.82. The molecule has 2 rings (SSSR count). The minimum atomic E-state index is -0.536. The summed E-state index contributed by atoms with van der Waals surface area (Å²) >= 11 is 3.81. The molecule has 1 aromatic carbocycles. The van der Waals surface area contributed by atoms with Crippen molar-refractivity contribution in [2.45, 2.75) is 0 Å². The van der Waals surface area contributed by atoms with Crippen molar-refractivity contribution in [2.75, 3.05) is 5.32 Å². The first-order valence-electron chi connectivity index (χ1n) is 3.69. The normalized spacial score (nSPS) is 12.0. The maximum Gasteiger partial charge on any atom is 0.296 e. The van der Waals surface area contributed by atoms with Gasteiger partial charge in [-0.15, -0.1) is 0 Å². The molecule has 1 heterocycles. The maximum atomic E-state index is 11.0. The van der Waals surface area contributed by atoms with Gasteiger partial charge in [-0.25, -0.2) is 5.41 Å². The summed E-state index contributed by atoms with van der Waals surface area (Å²) in [5.74, 6) is -0.980. The molecule has 4 nitrogen and oxygen atoms in total. The number of thiocarbonyl (C=S) groups is 1. The molecule has 0 unspecified atom stereocenters. The fraction of sp³-hybridized carbons (Fsp3) is 0. The Balaban J connectivity index is 0.000000293. The van der Waals surface area contributed by atoms with E-state index in [4.69, 9.17) is 5.41 Å². The number of carbonyl (C=O) groups excluding carboxylic acids is 2. The van der Waals surface area contributed by atoms with Crippen LogP contribution in [0.25, 0.3) is 0 Å². The second kappa shape index (κ2) is 4.41. The largest absolute Gasteiger partial charge is 0.318 e.